The molecule has 0 amide bonds. The first kappa shape index (κ1) is 16.4. The molecule has 0 saturated heterocycles. The van der Waals surface area contributed by atoms with Crippen LogP contribution in [-0.2, 0) is 4.74 Å². The molecule has 0 radical (unpaired) electrons. The highest BCUT2D eigenvalue weighted by atomic mass is 16.5. The minimum Gasteiger partial charge on any atom is -0.493 e. The summed E-state index contributed by atoms with van der Waals surface area (Å²) >= 11 is 0. The number of methoxy groups -OCH3 is 2. The van der Waals surface area contributed by atoms with E-state index in [0.717, 1.165) is 35.5 Å². The SMILES string of the molecule is COC(=O)c1ccc(-c2ccc(OC)c(OC3CCCC3)c2)cc1. The van der Waals surface area contributed by atoms with Crippen LogP contribution in [0.3, 0.4) is 0 Å². The van der Waals surface area contributed by atoms with E-state index in [4.69, 9.17) is 14.2 Å². The fourth-order valence-electron chi connectivity index (χ4n) is 3.05. The van der Waals surface area contributed by atoms with Crippen LogP contribution >= 0.6 is 0 Å². The normalized spacial score (nSPS) is 14.4. The molecule has 2 aromatic rings. The van der Waals surface area contributed by atoms with Crippen molar-refractivity contribution in [1.82, 2.24) is 0 Å². The molecular formula is C20H22O4. The van der Waals surface area contributed by atoms with Crippen molar-refractivity contribution < 1.29 is 19.0 Å². The lowest BCUT2D eigenvalue weighted by Crippen LogP contribution is -2.11. The second-order valence-corrected chi connectivity index (χ2v) is 5.96. The van der Waals surface area contributed by atoms with Gasteiger partial charge in [0, 0.05) is 0 Å². The van der Waals surface area contributed by atoms with Gasteiger partial charge in [0.15, 0.2) is 11.5 Å². The summed E-state index contributed by atoms with van der Waals surface area (Å²) in [6.45, 7) is 0. The zero-order chi connectivity index (χ0) is 16.9. The molecule has 0 bridgehead atoms. The second kappa shape index (κ2) is 7.39. The van der Waals surface area contributed by atoms with Gasteiger partial charge in [-0.1, -0.05) is 18.2 Å². The van der Waals surface area contributed by atoms with Crippen molar-refractivity contribution in [3.63, 3.8) is 0 Å². The second-order valence-electron chi connectivity index (χ2n) is 5.96. The molecule has 0 heterocycles. The summed E-state index contributed by atoms with van der Waals surface area (Å²) in [4.78, 5) is 11.5. The molecule has 0 N–H and O–H groups in total. The van der Waals surface area contributed by atoms with Gasteiger partial charge in [0.2, 0.25) is 0 Å². The first-order valence-electron chi connectivity index (χ1n) is 8.24. The number of carbonyl (C=O) groups is 1. The van der Waals surface area contributed by atoms with Crippen LogP contribution in [0, 0.1) is 0 Å². The van der Waals surface area contributed by atoms with Crippen LogP contribution in [0.2, 0.25) is 0 Å². The third-order valence-corrected chi connectivity index (χ3v) is 4.40. The number of esters is 1. The Labute approximate surface area is 142 Å². The molecule has 1 aliphatic carbocycles. The van der Waals surface area contributed by atoms with Gasteiger partial charge in [0.25, 0.3) is 0 Å². The molecule has 4 nitrogen and oxygen atoms in total. The summed E-state index contributed by atoms with van der Waals surface area (Å²) in [5.74, 6) is 1.19. The topological polar surface area (TPSA) is 44.8 Å². The lowest BCUT2D eigenvalue weighted by molar-refractivity contribution is 0.0601. The Kier molecular flexibility index (Phi) is 5.04. The van der Waals surface area contributed by atoms with Crippen molar-refractivity contribution in [2.75, 3.05) is 14.2 Å². The summed E-state index contributed by atoms with van der Waals surface area (Å²) < 4.78 is 16.3. The van der Waals surface area contributed by atoms with E-state index in [1.165, 1.54) is 20.0 Å². The predicted molar refractivity (Wildman–Crippen MR) is 92.7 cm³/mol. The number of carbonyl (C=O) groups excluding carboxylic acids is 1. The molecule has 0 atom stereocenters. The maximum absolute atomic E-state index is 11.5. The molecule has 0 spiro atoms. The monoisotopic (exact) mass is 326 g/mol. The summed E-state index contributed by atoms with van der Waals surface area (Å²) in [7, 11) is 3.04. The number of hydrogen-bond acceptors (Lipinski definition) is 4. The van der Waals surface area contributed by atoms with E-state index in [0.29, 0.717) is 5.56 Å². The zero-order valence-electron chi connectivity index (χ0n) is 14.1. The third-order valence-electron chi connectivity index (χ3n) is 4.40. The highest BCUT2D eigenvalue weighted by Gasteiger charge is 2.19. The first-order valence-corrected chi connectivity index (χ1v) is 8.24. The molecule has 3 rings (SSSR count). The Morgan fingerprint density at radius 2 is 1.58 bits per heavy atom. The number of ether oxygens (including phenoxy) is 3. The maximum Gasteiger partial charge on any atom is 0.337 e. The van der Waals surface area contributed by atoms with Gasteiger partial charge in [0.1, 0.15) is 0 Å². The molecule has 126 valence electrons. The Balaban J connectivity index is 1.86. The van der Waals surface area contributed by atoms with E-state index in [-0.39, 0.29) is 12.1 Å². The van der Waals surface area contributed by atoms with E-state index < -0.39 is 0 Å². The van der Waals surface area contributed by atoms with Gasteiger partial charge in [-0.25, -0.2) is 4.79 Å². The molecule has 0 unspecified atom stereocenters. The van der Waals surface area contributed by atoms with Crippen molar-refractivity contribution in [3.8, 4) is 22.6 Å². The first-order chi connectivity index (χ1) is 11.7. The average molecular weight is 326 g/mol. The Morgan fingerprint density at radius 1 is 0.917 bits per heavy atom. The van der Waals surface area contributed by atoms with Crippen molar-refractivity contribution in [2.45, 2.75) is 31.8 Å². The average Bonchev–Trinajstić information content (AvgIpc) is 3.14. The Hall–Kier alpha value is -2.49. The van der Waals surface area contributed by atoms with Crippen molar-refractivity contribution in [3.05, 3.63) is 48.0 Å². The molecule has 4 heteroatoms. The molecule has 1 fully saturated rings. The van der Waals surface area contributed by atoms with Crippen LogP contribution in [0.1, 0.15) is 36.0 Å². The summed E-state index contributed by atoms with van der Waals surface area (Å²) in [5.41, 5.74) is 2.58. The largest absolute Gasteiger partial charge is 0.493 e. The van der Waals surface area contributed by atoms with E-state index in [2.05, 4.69) is 0 Å². The number of benzene rings is 2. The van der Waals surface area contributed by atoms with Crippen LogP contribution < -0.4 is 9.47 Å². The van der Waals surface area contributed by atoms with Crippen LogP contribution in [-0.4, -0.2) is 26.3 Å². The van der Waals surface area contributed by atoms with Gasteiger partial charge in [-0.3, -0.25) is 0 Å². The molecule has 0 aromatic heterocycles. The van der Waals surface area contributed by atoms with Crippen molar-refractivity contribution in [1.29, 1.82) is 0 Å². The highest BCUT2D eigenvalue weighted by molar-refractivity contribution is 5.90. The lowest BCUT2D eigenvalue weighted by atomic mass is 10.0. The molecule has 0 aliphatic heterocycles. The summed E-state index contributed by atoms with van der Waals surface area (Å²) in [6, 6.07) is 13.3. The number of hydrogen-bond donors (Lipinski definition) is 0. The van der Waals surface area contributed by atoms with Gasteiger partial charge >= 0.3 is 5.97 Å². The quantitative estimate of drug-likeness (QED) is 0.761. The van der Waals surface area contributed by atoms with E-state index in [9.17, 15) is 4.79 Å². The maximum atomic E-state index is 11.5. The van der Waals surface area contributed by atoms with Crippen LogP contribution in [0.25, 0.3) is 11.1 Å². The molecule has 1 aliphatic rings. The Morgan fingerprint density at radius 3 is 2.21 bits per heavy atom. The molecule has 24 heavy (non-hydrogen) atoms. The standard InChI is InChI=1S/C20H22O4/c1-22-18-12-11-16(13-19(18)24-17-5-3-4-6-17)14-7-9-15(10-8-14)20(21)23-2/h7-13,17H,3-6H2,1-2H3. The lowest BCUT2D eigenvalue weighted by Gasteiger charge is -2.17. The van der Waals surface area contributed by atoms with Gasteiger partial charge in [-0.2, -0.15) is 0 Å². The molecular weight excluding hydrogens is 304 g/mol. The van der Waals surface area contributed by atoms with Gasteiger partial charge in [0.05, 0.1) is 25.9 Å². The minimum absolute atomic E-state index is 0.274. The van der Waals surface area contributed by atoms with E-state index in [1.807, 2.05) is 30.3 Å². The van der Waals surface area contributed by atoms with Crippen molar-refractivity contribution >= 4 is 5.97 Å². The van der Waals surface area contributed by atoms with E-state index >= 15 is 0 Å². The van der Waals surface area contributed by atoms with Crippen LogP contribution in [0.15, 0.2) is 42.5 Å². The minimum atomic E-state index is -0.332. The van der Waals surface area contributed by atoms with Crippen molar-refractivity contribution in [2.24, 2.45) is 0 Å². The Bertz CT molecular complexity index is 700. The van der Waals surface area contributed by atoms with Gasteiger partial charge < -0.3 is 14.2 Å². The molecule has 1 saturated carbocycles. The van der Waals surface area contributed by atoms with Gasteiger partial charge in [-0.15, -0.1) is 0 Å². The predicted octanol–water partition coefficient (Wildman–Crippen LogP) is 4.47. The number of rotatable bonds is 5. The van der Waals surface area contributed by atoms with Crippen LogP contribution in [0.5, 0.6) is 11.5 Å². The smallest absolute Gasteiger partial charge is 0.337 e. The summed E-state index contributed by atoms with van der Waals surface area (Å²) in [5, 5.41) is 0. The third kappa shape index (κ3) is 3.53. The summed E-state index contributed by atoms with van der Waals surface area (Å²) in [6.07, 6.45) is 4.92. The molecule has 2 aromatic carbocycles. The van der Waals surface area contributed by atoms with Gasteiger partial charge in [-0.05, 0) is 61.1 Å². The van der Waals surface area contributed by atoms with E-state index in [1.54, 1.807) is 19.2 Å². The highest BCUT2D eigenvalue weighted by Crippen LogP contribution is 2.35. The fourth-order valence-corrected chi connectivity index (χ4v) is 3.05. The fraction of sp³-hybridized carbons (Fsp3) is 0.350. The van der Waals surface area contributed by atoms with Crippen LogP contribution in [0.4, 0.5) is 0 Å². The zero-order valence-corrected chi connectivity index (χ0v) is 14.1.